The Labute approximate surface area is 196 Å². The minimum absolute atomic E-state index is 0.111. The average molecular weight is 447 g/mol. The van der Waals surface area contributed by atoms with E-state index < -0.39 is 0 Å². The quantitative estimate of drug-likeness (QED) is 0.169. The van der Waals surface area contributed by atoms with Crippen molar-refractivity contribution < 1.29 is 19.1 Å². The monoisotopic (exact) mass is 446 g/mol. The SMILES string of the molecule is CCCCCCCCCCCCCOC(=O)c1ccc(C(=O)OC(C)CCC(C)C)cc1. The minimum atomic E-state index is -0.345. The highest BCUT2D eigenvalue weighted by Crippen LogP contribution is 2.14. The molecule has 0 aliphatic carbocycles. The lowest BCUT2D eigenvalue weighted by Crippen LogP contribution is -2.16. The van der Waals surface area contributed by atoms with Gasteiger partial charge in [-0.05, 0) is 56.4 Å². The van der Waals surface area contributed by atoms with Crippen LogP contribution in [0.5, 0.6) is 0 Å². The Morgan fingerprint density at radius 1 is 0.688 bits per heavy atom. The Bertz CT molecular complexity index is 621. The lowest BCUT2D eigenvalue weighted by Gasteiger charge is -2.14. The topological polar surface area (TPSA) is 52.6 Å². The summed E-state index contributed by atoms with van der Waals surface area (Å²) in [6.07, 6.45) is 15.7. The van der Waals surface area contributed by atoms with Gasteiger partial charge in [0.05, 0.1) is 23.8 Å². The van der Waals surface area contributed by atoms with Crippen molar-refractivity contribution >= 4 is 11.9 Å². The van der Waals surface area contributed by atoms with Crippen LogP contribution in [0.1, 0.15) is 132 Å². The van der Waals surface area contributed by atoms with Crippen LogP contribution in [0.25, 0.3) is 0 Å². The Morgan fingerprint density at radius 3 is 1.66 bits per heavy atom. The summed E-state index contributed by atoms with van der Waals surface area (Å²) < 4.78 is 10.9. The van der Waals surface area contributed by atoms with E-state index >= 15 is 0 Å². The van der Waals surface area contributed by atoms with Crippen LogP contribution < -0.4 is 0 Å². The number of unbranched alkanes of at least 4 members (excludes halogenated alkanes) is 10. The third-order valence-electron chi connectivity index (χ3n) is 5.80. The number of benzene rings is 1. The standard InChI is InChI=1S/C28H46O4/c1-5-6-7-8-9-10-11-12-13-14-15-22-31-27(29)25-18-20-26(21-19-25)28(30)32-24(4)17-16-23(2)3/h18-21,23-24H,5-17,22H2,1-4H3. The Hall–Kier alpha value is -1.84. The first-order valence-electron chi connectivity index (χ1n) is 12.9. The largest absolute Gasteiger partial charge is 0.462 e. The molecule has 4 nitrogen and oxygen atoms in total. The summed E-state index contributed by atoms with van der Waals surface area (Å²) >= 11 is 0. The van der Waals surface area contributed by atoms with E-state index in [9.17, 15) is 9.59 Å². The molecular weight excluding hydrogens is 400 g/mol. The molecule has 182 valence electrons. The molecule has 32 heavy (non-hydrogen) atoms. The van der Waals surface area contributed by atoms with Crippen LogP contribution in [-0.2, 0) is 9.47 Å². The summed E-state index contributed by atoms with van der Waals surface area (Å²) in [6.45, 7) is 8.93. The lowest BCUT2D eigenvalue weighted by molar-refractivity contribution is 0.0312. The molecule has 0 saturated carbocycles. The van der Waals surface area contributed by atoms with E-state index in [-0.39, 0.29) is 18.0 Å². The molecule has 0 aromatic heterocycles. The molecule has 0 aliphatic rings. The molecule has 4 heteroatoms. The van der Waals surface area contributed by atoms with Crippen LogP contribution in [0, 0.1) is 5.92 Å². The van der Waals surface area contributed by atoms with Crippen molar-refractivity contribution in [3.63, 3.8) is 0 Å². The van der Waals surface area contributed by atoms with Gasteiger partial charge in [-0.2, -0.15) is 0 Å². The van der Waals surface area contributed by atoms with E-state index in [0.717, 1.165) is 25.7 Å². The van der Waals surface area contributed by atoms with Gasteiger partial charge in [-0.25, -0.2) is 9.59 Å². The van der Waals surface area contributed by atoms with Crippen molar-refractivity contribution in [2.75, 3.05) is 6.61 Å². The van der Waals surface area contributed by atoms with E-state index in [4.69, 9.17) is 9.47 Å². The van der Waals surface area contributed by atoms with Gasteiger partial charge in [0.1, 0.15) is 0 Å². The molecule has 0 saturated heterocycles. The number of hydrogen-bond donors (Lipinski definition) is 0. The highest BCUT2D eigenvalue weighted by Gasteiger charge is 2.14. The number of esters is 2. The molecule has 0 heterocycles. The second-order valence-electron chi connectivity index (χ2n) is 9.44. The maximum atomic E-state index is 12.2. The summed E-state index contributed by atoms with van der Waals surface area (Å²) in [5, 5.41) is 0. The third-order valence-corrected chi connectivity index (χ3v) is 5.80. The second-order valence-corrected chi connectivity index (χ2v) is 9.44. The van der Waals surface area contributed by atoms with Crippen LogP contribution in [-0.4, -0.2) is 24.6 Å². The van der Waals surface area contributed by atoms with Gasteiger partial charge in [0.25, 0.3) is 0 Å². The molecule has 0 fully saturated rings. The molecule has 0 amide bonds. The van der Waals surface area contributed by atoms with E-state index in [1.165, 1.54) is 57.8 Å². The van der Waals surface area contributed by atoms with Gasteiger partial charge in [0, 0.05) is 0 Å². The van der Waals surface area contributed by atoms with E-state index in [0.29, 0.717) is 23.7 Å². The van der Waals surface area contributed by atoms with Gasteiger partial charge in [-0.15, -0.1) is 0 Å². The second kappa shape index (κ2) is 17.7. The summed E-state index contributed by atoms with van der Waals surface area (Å²) in [5.74, 6) is -0.0871. The molecule has 1 aromatic rings. The Morgan fingerprint density at radius 2 is 1.16 bits per heavy atom. The first kappa shape index (κ1) is 28.2. The first-order valence-corrected chi connectivity index (χ1v) is 12.9. The fraction of sp³-hybridized carbons (Fsp3) is 0.714. The number of carbonyl (C=O) groups is 2. The fourth-order valence-electron chi connectivity index (χ4n) is 3.63. The summed E-state index contributed by atoms with van der Waals surface area (Å²) in [5.41, 5.74) is 0.931. The molecule has 1 aromatic carbocycles. The molecule has 1 unspecified atom stereocenters. The van der Waals surface area contributed by atoms with Gasteiger partial charge >= 0.3 is 11.9 Å². The molecule has 0 N–H and O–H groups in total. The van der Waals surface area contributed by atoms with Crippen LogP contribution in [0.15, 0.2) is 24.3 Å². The van der Waals surface area contributed by atoms with Crippen LogP contribution in [0.4, 0.5) is 0 Å². The van der Waals surface area contributed by atoms with Gasteiger partial charge in [0.15, 0.2) is 0 Å². The zero-order valence-electron chi connectivity index (χ0n) is 21.0. The third kappa shape index (κ3) is 13.5. The molecular formula is C28H46O4. The summed E-state index contributed by atoms with van der Waals surface area (Å²) in [7, 11) is 0. The molecule has 0 spiro atoms. The van der Waals surface area contributed by atoms with E-state index in [2.05, 4.69) is 20.8 Å². The van der Waals surface area contributed by atoms with Crippen LogP contribution in [0.2, 0.25) is 0 Å². The van der Waals surface area contributed by atoms with Crippen LogP contribution >= 0.6 is 0 Å². The molecule has 1 rings (SSSR count). The minimum Gasteiger partial charge on any atom is -0.462 e. The van der Waals surface area contributed by atoms with E-state index in [1.807, 2.05) is 6.92 Å². The van der Waals surface area contributed by atoms with Gasteiger partial charge in [-0.1, -0.05) is 85.0 Å². The number of carbonyl (C=O) groups excluding carboxylic acids is 2. The highest BCUT2D eigenvalue weighted by molar-refractivity contribution is 5.93. The average Bonchev–Trinajstić information content (AvgIpc) is 2.78. The van der Waals surface area contributed by atoms with Crippen LogP contribution in [0.3, 0.4) is 0 Å². The van der Waals surface area contributed by atoms with Gasteiger partial charge < -0.3 is 9.47 Å². The maximum absolute atomic E-state index is 12.2. The van der Waals surface area contributed by atoms with Crippen molar-refractivity contribution in [3.8, 4) is 0 Å². The zero-order chi connectivity index (χ0) is 23.6. The Kier molecular flexibility index (Phi) is 15.6. The van der Waals surface area contributed by atoms with Crippen molar-refractivity contribution in [3.05, 3.63) is 35.4 Å². The molecule has 1 atom stereocenters. The summed E-state index contributed by atoms with van der Waals surface area (Å²) in [4.78, 5) is 24.4. The van der Waals surface area contributed by atoms with Gasteiger partial charge in [0.2, 0.25) is 0 Å². The van der Waals surface area contributed by atoms with E-state index in [1.54, 1.807) is 24.3 Å². The maximum Gasteiger partial charge on any atom is 0.338 e. The molecule has 0 bridgehead atoms. The van der Waals surface area contributed by atoms with Crippen molar-refractivity contribution in [2.24, 2.45) is 5.92 Å². The predicted octanol–water partition coefficient (Wildman–Crippen LogP) is 8.14. The predicted molar refractivity (Wildman–Crippen MR) is 132 cm³/mol. The number of ether oxygens (including phenoxy) is 2. The molecule has 0 radical (unpaired) electrons. The first-order chi connectivity index (χ1) is 15.4. The zero-order valence-corrected chi connectivity index (χ0v) is 21.0. The van der Waals surface area contributed by atoms with Crippen molar-refractivity contribution in [1.82, 2.24) is 0 Å². The lowest BCUT2D eigenvalue weighted by atomic mass is 10.1. The van der Waals surface area contributed by atoms with Crippen molar-refractivity contribution in [1.29, 1.82) is 0 Å². The number of hydrogen-bond acceptors (Lipinski definition) is 4. The number of rotatable bonds is 18. The highest BCUT2D eigenvalue weighted by atomic mass is 16.5. The summed E-state index contributed by atoms with van der Waals surface area (Å²) in [6, 6.07) is 6.54. The van der Waals surface area contributed by atoms with Crippen molar-refractivity contribution in [2.45, 2.75) is 117 Å². The molecule has 0 aliphatic heterocycles. The normalized spacial score (nSPS) is 12.0. The fourth-order valence-corrected chi connectivity index (χ4v) is 3.63. The smallest absolute Gasteiger partial charge is 0.338 e. The van der Waals surface area contributed by atoms with Gasteiger partial charge in [-0.3, -0.25) is 0 Å². The Balaban J connectivity index is 2.15.